The Morgan fingerprint density at radius 2 is 1.40 bits per heavy atom. The number of carbonyl (C=O) groups is 9. The van der Waals surface area contributed by atoms with Crippen molar-refractivity contribution in [3.63, 3.8) is 0 Å². The number of rotatable bonds is 31. The number of likely N-dealkylation sites (tertiary alicyclic amines) is 2. The molecular formula is C65H116N8O12. The normalized spacial score (nSPS) is 19.6. The first-order valence-corrected chi connectivity index (χ1v) is 32.2. The summed E-state index contributed by atoms with van der Waals surface area (Å²) in [5, 5.41) is 5.94. The van der Waals surface area contributed by atoms with Gasteiger partial charge in [0.1, 0.15) is 6.04 Å². The van der Waals surface area contributed by atoms with Crippen LogP contribution in [0.4, 0.5) is 0 Å². The molecule has 3 fully saturated rings. The molecule has 20 heteroatoms. The second-order valence-electron chi connectivity index (χ2n) is 23.9. The van der Waals surface area contributed by atoms with Crippen molar-refractivity contribution in [1.29, 1.82) is 0 Å². The van der Waals surface area contributed by atoms with E-state index in [1.807, 2.05) is 99.1 Å². The van der Waals surface area contributed by atoms with Gasteiger partial charge in [0.25, 0.3) is 0 Å². The summed E-state index contributed by atoms with van der Waals surface area (Å²) in [4.78, 5) is 121. The number of ether oxygens (including phenoxy) is 3. The summed E-state index contributed by atoms with van der Waals surface area (Å²) < 4.78 is 17.1. The number of hydrazine groups is 1. The number of amides is 8. The number of Topliss-reactive ketones (excluding diaryl/α,β-unsaturated/α-hetero) is 1. The molecule has 4 rings (SSSR count). The maximum absolute atomic E-state index is 13.7. The molecule has 7 unspecified atom stereocenters. The van der Waals surface area contributed by atoms with Gasteiger partial charge >= 0.3 is 0 Å². The molecule has 10 atom stereocenters. The van der Waals surface area contributed by atoms with Crippen LogP contribution in [0.3, 0.4) is 0 Å². The summed E-state index contributed by atoms with van der Waals surface area (Å²) >= 11 is 0. The van der Waals surface area contributed by atoms with E-state index in [4.69, 9.17) is 14.2 Å². The molecule has 3 aliphatic heterocycles. The standard InChI is InChI=1S/C32H53N3O6.C29H51N5O6.2C2H6/c1-7-22(2)23(3)28(39-5)21-29(36)35-15-11-14-27(35)30(40-6)24(4)31(37)33-26(20-25-12-9-8-10-13-25)32(38)34-16-18-41-19-17-34;1-18(2)22-17-25(38)34(29(22)40)16-11-9-10-13-23(36)31-32-24(37)14-12-15-33(8)27(20(5)6)28(39)30-26(19(3)4)21(7)35;2*1-2/h9,12-13,22-24,26-28,30H,7-8,10-11,14-21H2,1-6H3,(H,33,37);18-20,22,26-27H,9-17H2,1-8H3,(H,30,39)(H,31,36)(H,32,37);2*1-2H3/t22?,23-,24?,26-,27?,28?,30?;22?,26-,27?;;/m00../s1. The van der Waals surface area contributed by atoms with Crippen molar-refractivity contribution in [3.05, 3.63) is 23.8 Å². The van der Waals surface area contributed by atoms with Crippen LogP contribution >= 0.6 is 0 Å². The molecule has 0 aromatic rings. The van der Waals surface area contributed by atoms with Crippen molar-refractivity contribution < 1.29 is 57.4 Å². The fourth-order valence-corrected chi connectivity index (χ4v) is 11.4. The molecule has 20 nitrogen and oxygen atoms in total. The Hall–Kier alpha value is -5.05. The third-order valence-electron chi connectivity index (χ3n) is 16.8. The minimum Gasteiger partial charge on any atom is -0.381 e. The largest absolute Gasteiger partial charge is 0.381 e. The van der Waals surface area contributed by atoms with E-state index in [-0.39, 0.29) is 114 Å². The molecule has 3 saturated heterocycles. The number of carbonyl (C=O) groups excluding carboxylic acids is 9. The molecule has 4 aliphatic rings. The minimum atomic E-state index is -0.666. The van der Waals surface area contributed by atoms with Crippen LogP contribution in [0, 0.1) is 41.4 Å². The number of allylic oxidation sites excluding steroid dienone is 3. The van der Waals surface area contributed by atoms with Crippen molar-refractivity contribution in [2.75, 3.05) is 67.2 Å². The number of ketones is 1. The summed E-state index contributed by atoms with van der Waals surface area (Å²) in [6.07, 6.45) is 14.1. The van der Waals surface area contributed by atoms with Gasteiger partial charge in [0.05, 0.1) is 55.9 Å². The monoisotopic (exact) mass is 1200 g/mol. The summed E-state index contributed by atoms with van der Waals surface area (Å²) in [7, 11) is 5.10. The SMILES string of the molecule is CC.CC.CC(=O)[C@@H](NC(=O)C(C(C)C)N(C)CCCC(=O)NNC(=O)CCCCCN1C(=O)CC(C(C)C)C1=O)C(C)C.CCC(C)[C@H](C)C(CC(=O)N1CCCC1C(OC)C(C)C(=O)N[C@@H](CC1=CCCC=C1)C(=O)N1CCOCC1)OC. The van der Waals surface area contributed by atoms with Crippen LogP contribution in [0.1, 0.15) is 194 Å². The number of imide groups is 1. The maximum Gasteiger partial charge on any atom is 0.245 e. The molecule has 85 heavy (non-hydrogen) atoms. The van der Waals surface area contributed by atoms with Crippen molar-refractivity contribution in [3.8, 4) is 0 Å². The zero-order valence-electron chi connectivity index (χ0n) is 55.8. The summed E-state index contributed by atoms with van der Waals surface area (Å²) in [5.74, 6) is -1.34. The van der Waals surface area contributed by atoms with Gasteiger partial charge in [0.2, 0.25) is 47.3 Å². The molecule has 488 valence electrons. The van der Waals surface area contributed by atoms with Crippen LogP contribution < -0.4 is 21.5 Å². The van der Waals surface area contributed by atoms with Crippen LogP contribution in [-0.2, 0) is 57.4 Å². The topological polar surface area (TPSA) is 242 Å². The van der Waals surface area contributed by atoms with E-state index in [0.29, 0.717) is 90.4 Å². The molecule has 8 amide bonds. The lowest BCUT2D eigenvalue weighted by atomic mass is 9.87. The van der Waals surface area contributed by atoms with Crippen LogP contribution in [0.5, 0.6) is 0 Å². The first-order chi connectivity index (χ1) is 40.4. The van der Waals surface area contributed by atoms with Crippen LogP contribution in [0.15, 0.2) is 23.8 Å². The summed E-state index contributed by atoms with van der Waals surface area (Å²) in [5.41, 5.74) is 5.90. The number of hydrogen-bond acceptors (Lipinski definition) is 13. The lowest BCUT2D eigenvalue weighted by Crippen LogP contribution is -2.55. The van der Waals surface area contributed by atoms with E-state index >= 15 is 0 Å². The van der Waals surface area contributed by atoms with Gasteiger partial charge < -0.3 is 34.6 Å². The smallest absolute Gasteiger partial charge is 0.245 e. The zero-order valence-corrected chi connectivity index (χ0v) is 55.8. The highest BCUT2D eigenvalue weighted by Gasteiger charge is 2.43. The van der Waals surface area contributed by atoms with Crippen LogP contribution in [0.2, 0.25) is 0 Å². The Morgan fingerprint density at radius 1 is 0.776 bits per heavy atom. The number of nitrogens with zero attached hydrogens (tertiary/aromatic N) is 4. The van der Waals surface area contributed by atoms with E-state index in [1.54, 1.807) is 19.1 Å². The predicted octanol–water partition coefficient (Wildman–Crippen LogP) is 7.97. The molecule has 0 aromatic heterocycles. The first-order valence-electron chi connectivity index (χ1n) is 32.2. The van der Waals surface area contributed by atoms with Gasteiger partial charge in [0.15, 0.2) is 5.78 Å². The number of likely N-dealkylation sites (N-methyl/N-ethyl adjacent to an activating group) is 1. The van der Waals surface area contributed by atoms with Gasteiger partial charge in [-0.05, 0) is 101 Å². The van der Waals surface area contributed by atoms with Gasteiger partial charge in [-0.15, -0.1) is 0 Å². The molecule has 0 aromatic carbocycles. The van der Waals surface area contributed by atoms with Crippen LogP contribution in [-0.4, -0.2) is 176 Å². The van der Waals surface area contributed by atoms with Crippen molar-refractivity contribution in [2.24, 2.45) is 41.4 Å². The van der Waals surface area contributed by atoms with E-state index in [0.717, 1.165) is 37.7 Å². The summed E-state index contributed by atoms with van der Waals surface area (Å²) in [6, 6.07) is -1.85. The Morgan fingerprint density at radius 3 is 1.92 bits per heavy atom. The van der Waals surface area contributed by atoms with E-state index in [9.17, 15) is 43.2 Å². The number of morpholine rings is 1. The van der Waals surface area contributed by atoms with Gasteiger partial charge in [-0.2, -0.15) is 0 Å². The van der Waals surface area contributed by atoms with Gasteiger partial charge in [-0.3, -0.25) is 63.8 Å². The molecule has 0 radical (unpaired) electrons. The van der Waals surface area contributed by atoms with Gasteiger partial charge in [-0.25, -0.2) is 0 Å². The fraction of sp³-hybridized carbons (Fsp3) is 0.800. The molecule has 1 aliphatic carbocycles. The summed E-state index contributed by atoms with van der Waals surface area (Å²) in [6.45, 7) is 32.9. The van der Waals surface area contributed by atoms with E-state index in [1.165, 1.54) is 11.8 Å². The quantitative estimate of drug-likeness (QED) is 0.0293. The lowest BCUT2D eigenvalue weighted by Gasteiger charge is -2.36. The first kappa shape index (κ1) is 78.0. The number of unbranched alkanes of at least 4 members (excludes halogenated alkanes) is 2. The highest BCUT2D eigenvalue weighted by molar-refractivity contribution is 6.03. The Labute approximate surface area is 512 Å². The third-order valence-corrected chi connectivity index (χ3v) is 16.8. The number of methoxy groups -OCH3 is 2. The maximum atomic E-state index is 13.7. The Bertz CT molecular complexity index is 2130. The van der Waals surface area contributed by atoms with Crippen molar-refractivity contribution in [2.45, 2.75) is 230 Å². The highest BCUT2D eigenvalue weighted by atomic mass is 16.5. The predicted molar refractivity (Wildman–Crippen MR) is 334 cm³/mol. The average molecular weight is 1200 g/mol. The molecule has 0 bridgehead atoms. The zero-order chi connectivity index (χ0) is 64.5. The van der Waals surface area contributed by atoms with Gasteiger partial charge in [0, 0.05) is 72.0 Å². The number of nitrogens with one attached hydrogen (secondary N) is 4. The van der Waals surface area contributed by atoms with Crippen molar-refractivity contribution >= 4 is 53.0 Å². The van der Waals surface area contributed by atoms with E-state index in [2.05, 4.69) is 54.4 Å². The Kier molecular flexibility index (Phi) is 38.5. The van der Waals surface area contributed by atoms with E-state index < -0.39 is 30.1 Å². The fourth-order valence-electron chi connectivity index (χ4n) is 11.4. The molecule has 0 spiro atoms. The second-order valence-corrected chi connectivity index (χ2v) is 23.9. The Balaban J connectivity index is 0.000000803. The van der Waals surface area contributed by atoms with Gasteiger partial charge in [-0.1, -0.05) is 128 Å². The lowest BCUT2D eigenvalue weighted by molar-refractivity contribution is -0.144. The second kappa shape index (κ2) is 41.9. The third kappa shape index (κ3) is 26.1. The molecule has 4 N–H and O–H groups in total. The molecule has 0 saturated carbocycles. The molecular weight excluding hydrogens is 1080 g/mol. The average Bonchev–Trinajstić information content (AvgIpc) is 4.32. The van der Waals surface area contributed by atoms with Crippen LogP contribution in [0.25, 0.3) is 0 Å². The molecule has 3 heterocycles. The number of hydrogen-bond donors (Lipinski definition) is 4. The highest BCUT2D eigenvalue weighted by Crippen LogP contribution is 2.31. The van der Waals surface area contributed by atoms with Crippen molar-refractivity contribution in [1.82, 2.24) is 41.1 Å². The minimum absolute atomic E-state index is 0.00571.